The Morgan fingerprint density at radius 3 is 2.76 bits per heavy atom. The molecule has 3 aromatic carbocycles. The summed E-state index contributed by atoms with van der Waals surface area (Å²) in [4.78, 5) is 16.2. The number of carbonyl (C=O) groups is 1. The topological polar surface area (TPSA) is 99.4 Å². The first kappa shape index (κ1) is 17.1. The van der Waals surface area contributed by atoms with Gasteiger partial charge >= 0.3 is 0 Å². The number of benzene rings is 3. The van der Waals surface area contributed by atoms with Crippen molar-refractivity contribution in [1.82, 2.24) is 25.6 Å². The lowest BCUT2D eigenvalue weighted by Gasteiger charge is -2.10. The predicted octanol–water partition coefficient (Wildman–Crippen LogP) is 3.99. The van der Waals surface area contributed by atoms with E-state index >= 15 is 0 Å². The Labute approximate surface area is 166 Å². The summed E-state index contributed by atoms with van der Waals surface area (Å²) in [6.07, 6.45) is 2.48. The summed E-state index contributed by atoms with van der Waals surface area (Å²) in [6, 6.07) is 17.6. The van der Waals surface area contributed by atoms with Crippen LogP contribution in [0.15, 0.2) is 60.8 Å². The molecular weight excluding hydrogens is 364 g/mol. The minimum Gasteiger partial charge on any atom is -0.361 e. The molecule has 142 valence electrons. The average Bonchev–Trinajstić information content (AvgIpc) is 3.38. The molecule has 5 aromatic rings. The van der Waals surface area contributed by atoms with Crippen molar-refractivity contribution >= 4 is 33.3 Å². The number of tetrazole rings is 1. The van der Waals surface area contributed by atoms with E-state index in [0.29, 0.717) is 17.8 Å². The highest BCUT2D eigenvalue weighted by atomic mass is 16.1. The number of hydrogen-bond acceptors (Lipinski definition) is 4. The van der Waals surface area contributed by atoms with E-state index in [1.54, 1.807) is 0 Å². The molecule has 0 spiro atoms. The number of rotatable bonds is 4. The second-order valence-electron chi connectivity index (χ2n) is 7.01. The zero-order valence-corrected chi connectivity index (χ0v) is 15.7. The van der Waals surface area contributed by atoms with Gasteiger partial charge in [0.1, 0.15) is 0 Å². The molecule has 0 unspecified atom stereocenters. The highest BCUT2D eigenvalue weighted by Crippen LogP contribution is 2.26. The lowest BCUT2D eigenvalue weighted by molar-refractivity contribution is 0.102. The van der Waals surface area contributed by atoms with E-state index in [4.69, 9.17) is 0 Å². The fourth-order valence-corrected chi connectivity index (χ4v) is 3.69. The summed E-state index contributed by atoms with van der Waals surface area (Å²) in [5.41, 5.74) is 4.58. The van der Waals surface area contributed by atoms with Gasteiger partial charge in [-0.15, -0.1) is 10.2 Å². The molecule has 0 saturated carbocycles. The maximum absolute atomic E-state index is 13.0. The molecule has 0 aliphatic heterocycles. The highest BCUT2D eigenvalue weighted by Gasteiger charge is 2.13. The van der Waals surface area contributed by atoms with E-state index in [1.807, 2.05) is 54.7 Å². The fraction of sp³-hybridized carbons (Fsp3) is 0.0909. The fourth-order valence-electron chi connectivity index (χ4n) is 3.69. The Balaban J connectivity index is 1.47. The minimum absolute atomic E-state index is 0.129. The number of H-pyrrole nitrogens is 2. The summed E-state index contributed by atoms with van der Waals surface area (Å²) >= 11 is 0. The van der Waals surface area contributed by atoms with E-state index < -0.39 is 0 Å². The van der Waals surface area contributed by atoms with Crippen LogP contribution < -0.4 is 5.32 Å². The van der Waals surface area contributed by atoms with Crippen molar-refractivity contribution in [3.63, 3.8) is 0 Å². The van der Waals surface area contributed by atoms with Crippen LogP contribution in [0.25, 0.3) is 21.7 Å². The van der Waals surface area contributed by atoms with Gasteiger partial charge in [0, 0.05) is 34.8 Å². The maximum Gasteiger partial charge on any atom is 0.256 e. The molecule has 0 bridgehead atoms. The summed E-state index contributed by atoms with van der Waals surface area (Å²) in [5, 5.41) is 20.2. The van der Waals surface area contributed by atoms with E-state index in [1.165, 1.54) is 0 Å². The lowest BCUT2D eigenvalue weighted by Crippen LogP contribution is -2.12. The summed E-state index contributed by atoms with van der Waals surface area (Å²) in [6.45, 7) is 2.05. The van der Waals surface area contributed by atoms with Crippen LogP contribution in [0, 0.1) is 6.92 Å². The molecule has 7 nitrogen and oxygen atoms in total. The third kappa shape index (κ3) is 3.12. The molecule has 2 heterocycles. The molecule has 5 rings (SSSR count). The van der Waals surface area contributed by atoms with Gasteiger partial charge in [-0.1, -0.05) is 35.5 Å². The standard InChI is InChI=1S/C22H18N6O/c1-13-4-2-6-17-16(13)5-3-7-18(17)22(29)24-15-8-9-20-19(11-15)14(12-23-20)10-21-25-27-28-26-21/h2-9,11-12,23H,10H2,1H3,(H,24,29)(H,25,26,27,28). The Bertz CT molecular complexity index is 1340. The molecule has 0 aliphatic carbocycles. The number of hydrogen-bond donors (Lipinski definition) is 3. The van der Waals surface area contributed by atoms with Gasteiger partial charge in [-0.3, -0.25) is 4.79 Å². The van der Waals surface area contributed by atoms with E-state index in [9.17, 15) is 4.79 Å². The first-order chi connectivity index (χ1) is 14.2. The number of nitrogens with zero attached hydrogens (tertiary/aromatic N) is 3. The number of nitrogens with one attached hydrogen (secondary N) is 3. The predicted molar refractivity (Wildman–Crippen MR) is 112 cm³/mol. The quantitative estimate of drug-likeness (QED) is 0.438. The lowest BCUT2D eigenvalue weighted by atomic mass is 10.0. The van der Waals surface area contributed by atoms with Crippen LogP contribution in [0.4, 0.5) is 5.69 Å². The molecule has 0 fully saturated rings. The Morgan fingerprint density at radius 2 is 1.90 bits per heavy atom. The van der Waals surface area contributed by atoms with Crippen molar-refractivity contribution in [2.75, 3.05) is 5.32 Å². The largest absolute Gasteiger partial charge is 0.361 e. The number of aromatic amines is 2. The molecule has 0 atom stereocenters. The number of aromatic nitrogens is 5. The second-order valence-corrected chi connectivity index (χ2v) is 7.01. The van der Waals surface area contributed by atoms with Crippen LogP contribution >= 0.6 is 0 Å². The molecule has 3 N–H and O–H groups in total. The number of amides is 1. The van der Waals surface area contributed by atoms with E-state index in [-0.39, 0.29) is 5.91 Å². The van der Waals surface area contributed by atoms with Crippen LogP contribution in [0.3, 0.4) is 0 Å². The number of anilines is 1. The number of carbonyl (C=O) groups excluding carboxylic acids is 1. The first-order valence-corrected chi connectivity index (χ1v) is 9.31. The Hall–Kier alpha value is -4.00. The molecule has 0 radical (unpaired) electrons. The van der Waals surface area contributed by atoms with Crippen molar-refractivity contribution in [3.05, 3.63) is 83.3 Å². The van der Waals surface area contributed by atoms with Gasteiger partial charge in [0.05, 0.1) is 0 Å². The third-order valence-corrected chi connectivity index (χ3v) is 5.15. The highest BCUT2D eigenvalue weighted by molar-refractivity contribution is 6.13. The van der Waals surface area contributed by atoms with Crippen LogP contribution in [-0.2, 0) is 6.42 Å². The Morgan fingerprint density at radius 1 is 1.03 bits per heavy atom. The van der Waals surface area contributed by atoms with Crippen molar-refractivity contribution in [1.29, 1.82) is 0 Å². The van der Waals surface area contributed by atoms with Gasteiger partial charge in [0.15, 0.2) is 5.82 Å². The number of fused-ring (bicyclic) bond motifs is 2. The molecular formula is C22H18N6O. The third-order valence-electron chi connectivity index (χ3n) is 5.15. The Kier molecular flexibility index (Phi) is 4.05. The van der Waals surface area contributed by atoms with Crippen LogP contribution in [0.5, 0.6) is 0 Å². The molecule has 1 amide bonds. The summed E-state index contributed by atoms with van der Waals surface area (Å²) < 4.78 is 0. The van der Waals surface area contributed by atoms with Gasteiger partial charge < -0.3 is 10.3 Å². The maximum atomic E-state index is 13.0. The second kappa shape index (κ2) is 6.87. The zero-order valence-electron chi connectivity index (χ0n) is 15.7. The van der Waals surface area contributed by atoms with Crippen LogP contribution in [0.1, 0.15) is 27.3 Å². The first-order valence-electron chi connectivity index (χ1n) is 9.31. The zero-order chi connectivity index (χ0) is 19.8. The van der Waals surface area contributed by atoms with Gasteiger partial charge in [-0.25, -0.2) is 0 Å². The van der Waals surface area contributed by atoms with E-state index in [0.717, 1.165) is 38.5 Å². The SMILES string of the molecule is Cc1cccc2c(C(=O)Nc3ccc4[nH]cc(Cc5nn[nH]n5)c4c3)cccc12. The van der Waals surface area contributed by atoms with Gasteiger partial charge in [0.25, 0.3) is 5.91 Å². The molecule has 7 heteroatoms. The molecule has 0 saturated heterocycles. The summed E-state index contributed by atoms with van der Waals surface area (Å²) in [5.74, 6) is 0.488. The van der Waals surface area contributed by atoms with E-state index in [2.05, 4.69) is 43.9 Å². The molecule has 2 aromatic heterocycles. The van der Waals surface area contributed by atoms with Gasteiger partial charge in [0.2, 0.25) is 0 Å². The van der Waals surface area contributed by atoms with Crippen molar-refractivity contribution in [2.24, 2.45) is 0 Å². The number of aryl methyl sites for hydroxylation is 1. The smallest absolute Gasteiger partial charge is 0.256 e. The van der Waals surface area contributed by atoms with Crippen molar-refractivity contribution in [3.8, 4) is 0 Å². The minimum atomic E-state index is -0.129. The normalized spacial score (nSPS) is 11.2. The van der Waals surface area contributed by atoms with Crippen LogP contribution in [0.2, 0.25) is 0 Å². The molecule has 0 aliphatic rings. The summed E-state index contributed by atoms with van der Waals surface area (Å²) in [7, 11) is 0. The van der Waals surface area contributed by atoms with Crippen molar-refractivity contribution in [2.45, 2.75) is 13.3 Å². The van der Waals surface area contributed by atoms with Crippen LogP contribution in [-0.4, -0.2) is 31.5 Å². The van der Waals surface area contributed by atoms with Crippen molar-refractivity contribution < 1.29 is 4.79 Å². The monoisotopic (exact) mass is 382 g/mol. The van der Waals surface area contributed by atoms with Gasteiger partial charge in [-0.05, 0) is 53.1 Å². The van der Waals surface area contributed by atoms with Gasteiger partial charge in [-0.2, -0.15) is 5.21 Å². The molecule has 29 heavy (non-hydrogen) atoms. The average molecular weight is 382 g/mol.